The van der Waals surface area contributed by atoms with Crippen molar-refractivity contribution in [3.63, 3.8) is 0 Å². The van der Waals surface area contributed by atoms with Crippen LogP contribution in [-0.2, 0) is 4.74 Å². The summed E-state index contributed by atoms with van der Waals surface area (Å²) in [5, 5.41) is 9.99. The number of rotatable bonds is 6. The van der Waals surface area contributed by atoms with E-state index in [-0.39, 0.29) is 12.2 Å². The van der Waals surface area contributed by atoms with Gasteiger partial charge in [-0.25, -0.2) is 0 Å². The molecule has 1 aliphatic heterocycles. The molecule has 2 unspecified atom stereocenters. The lowest BCUT2D eigenvalue weighted by Gasteiger charge is -2.31. The number of hydrogen-bond acceptors (Lipinski definition) is 3. The Morgan fingerprint density at radius 2 is 2.06 bits per heavy atom. The summed E-state index contributed by atoms with van der Waals surface area (Å²) in [6.45, 7) is 8.63. The van der Waals surface area contributed by atoms with E-state index in [9.17, 15) is 5.11 Å². The third-order valence-electron chi connectivity index (χ3n) is 3.54. The van der Waals surface area contributed by atoms with Gasteiger partial charge in [0.05, 0.1) is 18.8 Å². The minimum Gasteiger partial charge on any atom is -0.389 e. The largest absolute Gasteiger partial charge is 0.389 e. The molecule has 0 aromatic carbocycles. The van der Waals surface area contributed by atoms with Crippen molar-refractivity contribution in [3.8, 4) is 0 Å². The number of β-amino-alcohol motifs (C(OH)–C–C–N with tert-alkyl or cyclic N) is 1. The van der Waals surface area contributed by atoms with Crippen molar-refractivity contribution in [3.05, 3.63) is 0 Å². The quantitative estimate of drug-likeness (QED) is 0.777. The van der Waals surface area contributed by atoms with Gasteiger partial charge in [0.25, 0.3) is 0 Å². The Balaban J connectivity index is 2.35. The smallest absolute Gasteiger partial charge is 0.0900 e. The Morgan fingerprint density at radius 1 is 1.29 bits per heavy atom. The Bertz CT molecular complexity index is 197. The van der Waals surface area contributed by atoms with Crippen LogP contribution >= 0.6 is 0 Å². The predicted octanol–water partition coefficient (Wildman–Crippen LogP) is 2.43. The molecule has 1 heterocycles. The predicted molar refractivity (Wildman–Crippen MR) is 71.2 cm³/mol. The Morgan fingerprint density at radius 3 is 2.71 bits per heavy atom. The number of ether oxygens (including phenoxy) is 1. The normalized spacial score (nSPS) is 24.9. The Labute approximate surface area is 106 Å². The molecule has 1 saturated heterocycles. The first-order valence-corrected chi connectivity index (χ1v) is 7.17. The van der Waals surface area contributed by atoms with Gasteiger partial charge in [0.15, 0.2) is 0 Å². The maximum Gasteiger partial charge on any atom is 0.0900 e. The molecule has 0 spiro atoms. The van der Waals surface area contributed by atoms with Crippen molar-refractivity contribution in [2.45, 2.75) is 71.1 Å². The van der Waals surface area contributed by atoms with Gasteiger partial charge in [-0.2, -0.15) is 0 Å². The number of aliphatic hydroxyl groups excluding tert-OH is 1. The molecule has 1 fully saturated rings. The molecule has 0 saturated carbocycles. The monoisotopic (exact) mass is 243 g/mol. The first-order chi connectivity index (χ1) is 8.13. The molecule has 0 radical (unpaired) electrons. The standard InChI is InChI=1S/C14H29NO2/c1-4-13-8-6-5-7-9-15(13)10-14(16)11-17-12(2)3/h12-14,16H,4-11H2,1-3H3. The van der Waals surface area contributed by atoms with Gasteiger partial charge in [0.2, 0.25) is 0 Å². The summed E-state index contributed by atoms with van der Waals surface area (Å²) in [5.41, 5.74) is 0. The fourth-order valence-corrected chi connectivity index (χ4v) is 2.57. The lowest BCUT2D eigenvalue weighted by molar-refractivity contribution is -0.0141. The van der Waals surface area contributed by atoms with Crippen LogP contribution in [0.1, 0.15) is 52.9 Å². The van der Waals surface area contributed by atoms with E-state index in [1.54, 1.807) is 0 Å². The summed E-state index contributed by atoms with van der Waals surface area (Å²) in [4.78, 5) is 2.46. The van der Waals surface area contributed by atoms with E-state index in [0.29, 0.717) is 12.6 Å². The fraction of sp³-hybridized carbons (Fsp3) is 1.00. The average Bonchev–Trinajstić information content (AvgIpc) is 2.51. The van der Waals surface area contributed by atoms with Gasteiger partial charge in [-0.15, -0.1) is 0 Å². The number of aliphatic hydroxyl groups is 1. The zero-order valence-electron chi connectivity index (χ0n) is 11.7. The molecular weight excluding hydrogens is 214 g/mol. The molecule has 0 aliphatic carbocycles. The zero-order valence-corrected chi connectivity index (χ0v) is 11.7. The summed E-state index contributed by atoms with van der Waals surface area (Å²) in [7, 11) is 0. The highest BCUT2D eigenvalue weighted by molar-refractivity contribution is 4.76. The summed E-state index contributed by atoms with van der Waals surface area (Å²) < 4.78 is 5.47. The van der Waals surface area contributed by atoms with Gasteiger partial charge in [0, 0.05) is 12.6 Å². The van der Waals surface area contributed by atoms with E-state index < -0.39 is 0 Å². The van der Waals surface area contributed by atoms with Gasteiger partial charge in [-0.05, 0) is 39.7 Å². The van der Waals surface area contributed by atoms with E-state index in [1.807, 2.05) is 13.8 Å². The highest BCUT2D eigenvalue weighted by atomic mass is 16.5. The van der Waals surface area contributed by atoms with Gasteiger partial charge >= 0.3 is 0 Å². The van der Waals surface area contributed by atoms with Crippen LogP contribution in [0, 0.1) is 0 Å². The van der Waals surface area contributed by atoms with Crippen molar-refractivity contribution in [2.24, 2.45) is 0 Å². The van der Waals surface area contributed by atoms with E-state index in [0.717, 1.165) is 13.1 Å². The van der Waals surface area contributed by atoms with Crippen LogP contribution in [0.4, 0.5) is 0 Å². The topological polar surface area (TPSA) is 32.7 Å². The molecular formula is C14H29NO2. The van der Waals surface area contributed by atoms with Gasteiger partial charge in [-0.1, -0.05) is 19.8 Å². The summed E-state index contributed by atoms with van der Waals surface area (Å²) in [6, 6.07) is 0.659. The first kappa shape index (κ1) is 14.9. The lowest BCUT2D eigenvalue weighted by Crippen LogP contribution is -2.41. The van der Waals surface area contributed by atoms with E-state index in [2.05, 4.69) is 11.8 Å². The van der Waals surface area contributed by atoms with Crippen LogP contribution in [0.15, 0.2) is 0 Å². The molecule has 0 aromatic heterocycles. The fourth-order valence-electron chi connectivity index (χ4n) is 2.57. The van der Waals surface area contributed by atoms with Gasteiger partial charge < -0.3 is 9.84 Å². The number of likely N-dealkylation sites (tertiary alicyclic amines) is 1. The third kappa shape index (κ3) is 5.84. The summed E-state index contributed by atoms with van der Waals surface area (Å²) >= 11 is 0. The van der Waals surface area contributed by atoms with Crippen molar-refractivity contribution in [1.82, 2.24) is 4.90 Å². The van der Waals surface area contributed by atoms with Crippen LogP contribution in [-0.4, -0.2) is 48.0 Å². The van der Waals surface area contributed by atoms with Crippen LogP contribution in [0.3, 0.4) is 0 Å². The number of hydrogen-bond donors (Lipinski definition) is 1. The van der Waals surface area contributed by atoms with E-state index >= 15 is 0 Å². The third-order valence-corrected chi connectivity index (χ3v) is 3.54. The number of nitrogens with zero attached hydrogens (tertiary/aromatic N) is 1. The summed E-state index contributed by atoms with van der Waals surface area (Å²) in [5.74, 6) is 0. The van der Waals surface area contributed by atoms with Crippen molar-refractivity contribution < 1.29 is 9.84 Å². The highest BCUT2D eigenvalue weighted by Gasteiger charge is 2.21. The van der Waals surface area contributed by atoms with Gasteiger partial charge in [-0.3, -0.25) is 4.90 Å². The molecule has 3 nitrogen and oxygen atoms in total. The van der Waals surface area contributed by atoms with Crippen LogP contribution < -0.4 is 0 Å². The second-order valence-electron chi connectivity index (χ2n) is 5.44. The average molecular weight is 243 g/mol. The van der Waals surface area contributed by atoms with Crippen LogP contribution in [0.5, 0.6) is 0 Å². The van der Waals surface area contributed by atoms with E-state index in [1.165, 1.54) is 32.1 Å². The minimum absolute atomic E-state index is 0.204. The second-order valence-corrected chi connectivity index (χ2v) is 5.44. The molecule has 1 rings (SSSR count). The zero-order chi connectivity index (χ0) is 12.7. The first-order valence-electron chi connectivity index (χ1n) is 7.17. The van der Waals surface area contributed by atoms with Crippen molar-refractivity contribution in [1.29, 1.82) is 0 Å². The molecule has 17 heavy (non-hydrogen) atoms. The molecule has 1 aliphatic rings. The Kier molecular flexibility index (Phi) is 7.09. The van der Waals surface area contributed by atoms with Crippen molar-refractivity contribution >= 4 is 0 Å². The molecule has 3 heteroatoms. The molecule has 0 bridgehead atoms. The Hall–Kier alpha value is -0.120. The van der Waals surface area contributed by atoms with Crippen molar-refractivity contribution in [2.75, 3.05) is 19.7 Å². The maximum absolute atomic E-state index is 9.99. The molecule has 2 atom stereocenters. The highest BCUT2D eigenvalue weighted by Crippen LogP contribution is 2.19. The van der Waals surface area contributed by atoms with Gasteiger partial charge in [0.1, 0.15) is 0 Å². The molecule has 1 N–H and O–H groups in total. The molecule has 102 valence electrons. The van der Waals surface area contributed by atoms with Crippen LogP contribution in [0.25, 0.3) is 0 Å². The lowest BCUT2D eigenvalue weighted by atomic mass is 10.1. The van der Waals surface area contributed by atoms with Crippen LogP contribution in [0.2, 0.25) is 0 Å². The maximum atomic E-state index is 9.99. The summed E-state index contributed by atoms with van der Waals surface area (Å²) in [6.07, 6.45) is 6.29. The molecule has 0 aromatic rings. The van der Waals surface area contributed by atoms with E-state index in [4.69, 9.17) is 4.74 Å². The minimum atomic E-state index is -0.343. The SMILES string of the molecule is CCC1CCCCCN1CC(O)COC(C)C. The molecule has 0 amide bonds. The second kappa shape index (κ2) is 8.06.